The SMILES string of the molecule is CC1OC2CC(O)[C@@]1(O)c1c(O)c3c(c(O)c12)C(=O)C1=C(C3=O)[C@H](C)O[C@H]2CC(=O)O[C@@H]12. The molecule has 0 amide bonds. The maximum Gasteiger partial charge on any atom is 0.309 e. The Hall–Kier alpha value is -2.79. The first-order valence-electron chi connectivity index (χ1n) is 10.4. The number of hydrogen-bond donors (Lipinski definition) is 4. The Morgan fingerprint density at radius 2 is 1.62 bits per heavy atom. The number of hydrogen-bond acceptors (Lipinski definition) is 10. The van der Waals surface area contributed by atoms with Crippen molar-refractivity contribution in [2.24, 2.45) is 0 Å². The number of esters is 1. The second-order valence-corrected chi connectivity index (χ2v) is 9.00. The first-order chi connectivity index (χ1) is 15.1. The fourth-order valence-electron chi connectivity index (χ4n) is 5.95. The number of fused-ring (bicyclic) bond motifs is 5. The molecule has 0 aromatic heterocycles. The third-order valence-electron chi connectivity index (χ3n) is 7.41. The highest BCUT2D eigenvalue weighted by atomic mass is 16.6. The summed E-state index contributed by atoms with van der Waals surface area (Å²) in [6.07, 6.45) is -5.98. The van der Waals surface area contributed by atoms with Gasteiger partial charge in [-0.15, -0.1) is 0 Å². The molecule has 10 nitrogen and oxygen atoms in total. The largest absolute Gasteiger partial charge is 0.507 e. The summed E-state index contributed by atoms with van der Waals surface area (Å²) < 4.78 is 16.7. The Bertz CT molecular complexity index is 1170. The van der Waals surface area contributed by atoms with Crippen LogP contribution >= 0.6 is 0 Å². The molecule has 6 aliphatic rings. The number of aromatic hydroxyl groups is 2. The summed E-state index contributed by atoms with van der Waals surface area (Å²) in [5, 5.41) is 44.1. The van der Waals surface area contributed by atoms with E-state index in [1.54, 1.807) is 6.92 Å². The van der Waals surface area contributed by atoms with Crippen LogP contribution in [0.5, 0.6) is 11.5 Å². The van der Waals surface area contributed by atoms with E-state index in [1.807, 2.05) is 0 Å². The van der Waals surface area contributed by atoms with Crippen molar-refractivity contribution in [2.45, 2.75) is 68.9 Å². The van der Waals surface area contributed by atoms with Gasteiger partial charge >= 0.3 is 5.97 Å². The van der Waals surface area contributed by atoms with Crippen LogP contribution in [0.25, 0.3) is 0 Å². The van der Waals surface area contributed by atoms with Crippen LogP contribution in [0.3, 0.4) is 0 Å². The molecule has 2 saturated heterocycles. The quantitative estimate of drug-likeness (QED) is 0.323. The predicted molar refractivity (Wildman–Crippen MR) is 102 cm³/mol. The fourth-order valence-corrected chi connectivity index (χ4v) is 5.95. The molecule has 4 aliphatic heterocycles. The third-order valence-corrected chi connectivity index (χ3v) is 7.41. The molecular formula is C22H20O10. The van der Waals surface area contributed by atoms with Gasteiger partial charge in [0.25, 0.3) is 0 Å². The molecule has 10 heteroatoms. The summed E-state index contributed by atoms with van der Waals surface area (Å²) in [6.45, 7) is 3.06. The Morgan fingerprint density at radius 3 is 2.31 bits per heavy atom. The number of aliphatic hydroxyl groups excluding tert-OH is 1. The zero-order valence-corrected chi connectivity index (χ0v) is 17.1. The number of phenols is 2. The van der Waals surface area contributed by atoms with Gasteiger partial charge in [0, 0.05) is 23.1 Å². The van der Waals surface area contributed by atoms with Crippen LogP contribution < -0.4 is 0 Å². The van der Waals surface area contributed by atoms with E-state index in [1.165, 1.54) is 6.92 Å². The van der Waals surface area contributed by atoms with Crippen LogP contribution in [0.2, 0.25) is 0 Å². The zero-order chi connectivity index (χ0) is 22.9. The van der Waals surface area contributed by atoms with E-state index in [0.717, 1.165) is 0 Å². The molecule has 0 spiro atoms. The average molecular weight is 444 g/mol. The molecule has 2 fully saturated rings. The average Bonchev–Trinajstić information content (AvgIpc) is 3.09. The van der Waals surface area contributed by atoms with E-state index in [4.69, 9.17) is 14.2 Å². The highest BCUT2D eigenvalue weighted by Crippen LogP contribution is 2.59. The summed E-state index contributed by atoms with van der Waals surface area (Å²) >= 11 is 0. The van der Waals surface area contributed by atoms with Gasteiger partial charge in [-0.1, -0.05) is 0 Å². The molecule has 3 unspecified atom stereocenters. The molecule has 2 bridgehead atoms. The topological polar surface area (TPSA) is 160 Å². The van der Waals surface area contributed by atoms with Crippen molar-refractivity contribution in [1.29, 1.82) is 0 Å². The zero-order valence-electron chi connectivity index (χ0n) is 17.1. The lowest BCUT2D eigenvalue weighted by Crippen LogP contribution is -2.58. The van der Waals surface area contributed by atoms with Gasteiger partial charge in [0.15, 0.2) is 17.7 Å². The summed E-state index contributed by atoms with van der Waals surface area (Å²) in [4.78, 5) is 39.0. The van der Waals surface area contributed by atoms with E-state index >= 15 is 0 Å². The van der Waals surface area contributed by atoms with Crippen molar-refractivity contribution >= 4 is 17.5 Å². The third kappa shape index (κ3) is 2.06. The molecular weight excluding hydrogens is 424 g/mol. The van der Waals surface area contributed by atoms with Crippen molar-refractivity contribution < 1.29 is 49.0 Å². The lowest BCUT2D eigenvalue weighted by Gasteiger charge is -2.52. The first-order valence-corrected chi connectivity index (χ1v) is 10.4. The lowest BCUT2D eigenvalue weighted by atomic mass is 9.66. The summed E-state index contributed by atoms with van der Waals surface area (Å²) in [5.41, 5.74) is -3.36. The standard InChI is InChI=1S/C22H20O10/c1-5-11-15(21-8(30-5)4-10(24)32-21)19(27)13-14(17(11)25)20(28)16-12(18(13)26)7-3-9(23)22(16,29)6(2)31-7/h5-9,21,23,26,28-29H,3-4H2,1-2H3/t5-,6?,7?,8-,9?,21+,22+/m0/s1. The fraction of sp³-hybridized carbons (Fsp3) is 0.500. The number of ketones is 2. The number of Topliss-reactive ketones (excluding diaryl/α,β-unsaturated/α-hetero) is 2. The van der Waals surface area contributed by atoms with Crippen molar-refractivity contribution in [3.05, 3.63) is 33.4 Å². The van der Waals surface area contributed by atoms with Crippen molar-refractivity contribution in [3.63, 3.8) is 0 Å². The Kier molecular flexibility index (Phi) is 3.70. The van der Waals surface area contributed by atoms with Crippen molar-refractivity contribution in [3.8, 4) is 11.5 Å². The van der Waals surface area contributed by atoms with Gasteiger partial charge < -0.3 is 34.6 Å². The smallest absolute Gasteiger partial charge is 0.309 e. The molecule has 32 heavy (non-hydrogen) atoms. The van der Waals surface area contributed by atoms with Gasteiger partial charge in [-0.25, -0.2) is 0 Å². The number of carbonyl (C=O) groups excluding carboxylic acids is 3. The van der Waals surface area contributed by atoms with Crippen LogP contribution in [0.1, 0.15) is 64.6 Å². The molecule has 168 valence electrons. The van der Waals surface area contributed by atoms with Crippen LogP contribution in [0.4, 0.5) is 0 Å². The Morgan fingerprint density at radius 1 is 0.969 bits per heavy atom. The number of ether oxygens (including phenoxy) is 3. The molecule has 2 aliphatic carbocycles. The number of rotatable bonds is 0. The van der Waals surface area contributed by atoms with E-state index in [9.17, 15) is 34.8 Å². The van der Waals surface area contributed by atoms with Gasteiger partial charge in [-0.3, -0.25) is 14.4 Å². The van der Waals surface area contributed by atoms with E-state index in [0.29, 0.717) is 0 Å². The highest BCUT2D eigenvalue weighted by molar-refractivity contribution is 6.30. The summed E-state index contributed by atoms with van der Waals surface area (Å²) in [6, 6.07) is 0. The normalized spacial score (nSPS) is 39.4. The number of aliphatic hydroxyl groups is 2. The van der Waals surface area contributed by atoms with E-state index < -0.39 is 82.4 Å². The Labute approximate surface area is 181 Å². The predicted octanol–water partition coefficient (Wildman–Crippen LogP) is 0.288. The van der Waals surface area contributed by atoms with Crippen LogP contribution in [0, 0.1) is 0 Å². The molecule has 1 aromatic carbocycles. The van der Waals surface area contributed by atoms with Crippen LogP contribution in [-0.4, -0.2) is 68.5 Å². The molecule has 7 rings (SSSR count). The molecule has 7 atom stereocenters. The van der Waals surface area contributed by atoms with Gasteiger partial charge in [0.2, 0.25) is 0 Å². The monoisotopic (exact) mass is 444 g/mol. The van der Waals surface area contributed by atoms with Gasteiger partial charge in [0.05, 0.1) is 47.5 Å². The summed E-state index contributed by atoms with van der Waals surface area (Å²) in [7, 11) is 0. The number of phenolic OH excluding ortho intramolecular Hbond substituents is 2. The minimum absolute atomic E-state index is 0.0302. The minimum atomic E-state index is -2.08. The molecule has 4 N–H and O–H groups in total. The molecule has 1 aromatic rings. The lowest BCUT2D eigenvalue weighted by molar-refractivity contribution is -0.246. The number of benzene rings is 1. The van der Waals surface area contributed by atoms with Crippen molar-refractivity contribution in [1.82, 2.24) is 0 Å². The Balaban J connectivity index is 1.64. The first kappa shape index (κ1) is 19.9. The van der Waals surface area contributed by atoms with Crippen LogP contribution in [0.15, 0.2) is 11.1 Å². The maximum absolute atomic E-state index is 13.6. The van der Waals surface area contributed by atoms with Gasteiger partial charge in [-0.05, 0) is 13.8 Å². The second-order valence-electron chi connectivity index (χ2n) is 9.00. The van der Waals surface area contributed by atoms with E-state index in [2.05, 4.69) is 0 Å². The highest BCUT2D eigenvalue weighted by Gasteiger charge is 2.60. The van der Waals surface area contributed by atoms with Crippen LogP contribution in [-0.2, 0) is 24.6 Å². The summed E-state index contributed by atoms with van der Waals surface area (Å²) in [5.74, 6) is -3.38. The number of carbonyl (C=O) groups is 3. The molecule has 4 heterocycles. The molecule has 0 saturated carbocycles. The van der Waals surface area contributed by atoms with Gasteiger partial charge in [-0.2, -0.15) is 0 Å². The molecule has 0 radical (unpaired) electrons. The second kappa shape index (κ2) is 5.96. The maximum atomic E-state index is 13.6. The van der Waals surface area contributed by atoms with Crippen molar-refractivity contribution in [2.75, 3.05) is 0 Å². The van der Waals surface area contributed by atoms with E-state index in [-0.39, 0.29) is 35.1 Å². The minimum Gasteiger partial charge on any atom is -0.507 e. The van der Waals surface area contributed by atoms with Gasteiger partial charge in [0.1, 0.15) is 23.2 Å².